The van der Waals surface area contributed by atoms with Crippen molar-refractivity contribution in [2.45, 2.75) is 37.5 Å². The Morgan fingerprint density at radius 1 is 1.13 bits per heavy atom. The molecule has 0 spiro atoms. The number of amides is 1. The van der Waals surface area contributed by atoms with Gasteiger partial charge in [0.25, 0.3) is 5.91 Å². The second-order valence-electron chi connectivity index (χ2n) is 8.99. The second kappa shape index (κ2) is 11.5. The summed E-state index contributed by atoms with van der Waals surface area (Å²) in [5.74, 6) is -0.390. The van der Waals surface area contributed by atoms with Gasteiger partial charge in [-0.1, -0.05) is 46.0 Å². The Hall–Kier alpha value is -2.60. The molecule has 2 aromatic heterocycles. The van der Waals surface area contributed by atoms with Crippen molar-refractivity contribution in [2.75, 3.05) is 19.7 Å². The SMILES string of the molecule is O=C(COc1cccc(C(F)(F)F)n1)N1CCC(c2nc(C3=NOC(c4c(Cl)cc(Cl)cc4Cl)C3)cs2)CC1. The summed E-state index contributed by atoms with van der Waals surface area (Å²) in [6, 6.07) is 6.54. The number of oxime groups is 1. The largest absolute Gasteiger partial charge is 0.468 e. The zero-order chi connectivity index (χ0) is 27.7. The third-order valence-corrected chi connectivity index (χ3v) is 8.26. The molecule has 206 valence electrons. The molecule has 0 aliphatic carbocycles. The number of hydrogen-bond acceptors (Lipinski definition) is 7. The summed E-state index contributed by atoms with van der Waals surface area (Å²) < 4.78 is 43.7. The van der Waals surface area contributed by atoms with Crippen molar-refractivity contribution in [1.82, 2.24) is 14.9 Å². The Bertz CT molecular complexity index is 1390. The normalized spacial score (nSPS) is 18.2. The first kappa shape index (κ1) is 27.9. The van der Waals surface area contributed by atoms with E-state index in [4.69, 9.17) is 49.4 Å². The average Bonchev–Trinajstić information content (AvgIpc) is 3.57. The summed E-state index contributed by atoms with van der Waals surface area (Å²) in [6.45, 7) is 0.581. The number of benzene rings is 1. The number of hydrogen-bond donors (Lipinski definition) is 0. The third-order valence-electron chi connectivity index (χ3n) is 6.41. The van der Waals surface area contributed by atoms with Crippen molar-refractivity contribution in [3.63, 3.8) is 0 Å². The highest BCUT2D eigenvalue weighted by molar-refractivity contribution is 7.10. The number of thiazole rings is 1. The Balaban J connectivity index is 1.13. The molecule has 1 saturated heterocycles. The summed E-state index contributed by atoms with van der Waals surface area (Å²) in [6.07, 6.45) is -3.18. The van der Waals surface area contributed by atoms with Gasteiger partial charge in [-0.15, -0.1) is 11.3 Å². The van der Waals surface area contributed by atoms with Gasteiger partial charge >= 0.3 is 6.18 Å². The van der Waals surface area contributed by atoms with Crippen LogP contribution in [0.3, 0.4) is 0 Å². The zero-order valence-electron chi connectivity index (χ0n) is 20.1. The van der Waals surface area contributed by atoms with Gasteiger partial charge in [0.15, 0.2) is 12.7 Å². The second-order valence-corrected chi connectivity index (χ2v) is 11.1. The van der Waals surface area contributed by atoms with Crippen molar-refractivity contribution in [1.29, 1.82) is 0 Å². The summed E-state index contributed by atoms with van der Waals surface area (Å²) >= 11 is 20.2. The number of likely N-dealkylation sites (tertiary alicyclic amines) is 1. The minimum atomic E-state index is -4.59. The molecule has 4 heterocycles. The summed E-state index contributed by atoms with van der Waals surface area (Å²) in [5, 5.41) is 8.32. The first-order chi connectivity index (χ1) is 18.6. The van der Waals surface area contributed by atoms with Gasteiger partial charge in [0.1, 0.15) is 11.4 Å². The van der Waals surface area contributed by atoms with Crippen LogP contribution in [0.4, 0.5) is 13.2 Å². The zero-order valence-corrected chi connectivity index (χ0v) is 23.1. The highest BCUT2D eigenvalue weighted by atomic mass is 35.5. The van der Waals surface area contributed by atoms with Gasteiger partial charge in [0.05, 0.1) is 20.7 Å². The van der Waals surface area contributed by atoms with Crippen molar-refractivity contribution in [3.8, 4) is 5.88 Å². The predicted molar refractivity (Wildman–Crippen MR) is 142 cm³/mol. The number of piperidine rings is 1. The van der Waals surface area contributed by atoms with Gasteiger partial charge in [0, 0.05) is 47.5 Å². The standard InChI is InChI=1S/C25H20Cl3F3N4O3S/c26-14-8-15(27)23(16(28)9-14)19-10-17(34-38-19)18-12-39-24(32-18)13-4-6-35(7-5-13)22(36)11-37-21-3-1-2-20(33-21)25(29,30)31/h1-3,8-9,12-13,19H,4-7,10-11H2. The Kier molecular flexibility index (Phi) is 8.23. The maximum Gasteiger partial charge on any atom is 0.433 e. The Morgan fingerprint density at radius 2 is 1.85 bits per heavy atom. The number of carbonyl (C=O) groups is 1. The molecule has 1 atom stereocenters. The highest BCUT2D eigenvalue weighted by Crippen LogP contribution is 2.40. The molecule has 2 aliphatic rings. The van der Waals surface area contributed by atoms with Gasteiger partial charge in [-0.25, -0.2) is 9.97 Å². The Labute approximate surface area is 240 Å². The summed E-state index contributed by atoms with van der Waals surface area (Å²) in [7, 11) is 0. The molecule has 0 saturated carbocycles. The molecule has 3 aromatic rings. The summed E-state index contributed by atoms with van der Waals surface area (Å²) in [4.78, 5) is 28.0. The lowest BCUT2D eigenvalue weighted by Crippen LogP contribution is -2.40. The fourth-order valence-corrected chi connectivity index (χ4v) is 6.47. The van der Waals surface area contributed by atoms with Crippen LogP contribution < -0.4 is 4.74 Å². The third kappa shape index (κ3) is 6.42. The molecular weight excluding hydrogens is 600 g/mol. The van der Waals surface area contributed by atoms with Crippen LogP contribution in [0.2, 0.25) is 15.1 Å². The molecule has 0 N–H and O–H groups in total. The number of ether oxygens (including phenoxy) is 1. The van der Waals surface area contributed by atoms with Gasteiger partial charge in [-0.3, -0.25) is 4.79 Å². The van der Waals surface area contributed by atoms with Gasteiger partial charge < -0.3 is 14.5 Å². The average molecular weight is 620 g/mol. The first-order valence-corrected chi connectivity index (χ1v) is 13.9. The fourth-order valence-electron chi connectivity index (χ4n) is 4.41. The van der Waals surface area contributed by atoms with E-state index in [0.29, 0.717) is 58.7 Å². The van der Waals surface area contributed by atoms with Gasteiger partial charge in [0.2, 0.25) is 5.88 Å². The van der Waals surface area contributed by atoms with Gasteiger partial charge in [-0.05, 0) is 31.0 Å². The van der Waals surface area contributed by atoms with Crippen LogP contribution in [0, 0.1) is 0 Å². The number of halogens is 6. The molecule has 1 aromatic carbocycles. The van der Waals surface area contributed by atoms with E-state index in [2.05, 4.69) is 10.1 Å². The van der Waals surface area contributed by atoms with E-state index < -0.39 is 18.0 Å². The van der Waals surface area contributed by atoms with E-state index in [-0.39, 0.29) is 24.3 Å². The molecule has 7 nitrogen and oxygen atoms in total. The van der Waals surface area contributed by atoms with Crippen LogP contribution in [-0.2, 0) is 15.8 Å². The molecule has 14 heteroatoms. The molecule has 1 fully saturated rings. The lowest BCUT2D eigenvalue weighted by Gasteiger charge is -2.31. The number of nitrogens with zero attached hydrogens (tertiary/aromatic N) is 4. The molecular formula is C25H20Cl3F3N4O3S. The lowest BCUT2D eigenvalue weighted by molar-refractivity contribution is -0.141. The molecule has 39 heavy (non-hydrogen) atoms. The summed E-state index contributed by atoms with van der Waals surface area (Å²) in [5.41, 5.74) is 0.970. The molecule has 1 amide bonds. The quantitative estimate of drug-likeness (QED) is 0.293. The van der Waals surface area contributed by atoms with Crippen LogP contribution >= 0.6 is 46.1 Å². The number of rotatable bonds is 6. The van der Waals surface area contributed by atoms with Gasteiger partial charge in [-0.2, -0.15) is 13.2 Å². The fraction of sp³-hybridized carbons (Fsp3) is 0.360. The minimum Gasteiger partial charge on any atom is -0.468 e. The Morgan fingerprint density at radius 3 is 2.54 bits per heavy atom. The van der Waals surface area contributed by atoms with E-state index in [9.17, 15) is 18.0 Å². The van der Waals surface area contributed by atoms with E-state index in [1.54, 1.807) is 17.0 Å². The monoisotopic (exact) mass is 618 g/mol. The first-order valence-electron chi connectivity index (χ1n) is 11.9. The van der Waals surface area contributed by atoms with Crippen molar-refractivity contribution >= 4 is 57.8 Å². The van der Waals surface area contributed by atoms with Crippen LogP contribution in [-0.4, -0.2) is 46.2 Å². The number of alkyl halides is 3. The minimum absolute atomic E-state index is 0.165. The van der Waals surface area contributed by atoms with Crippen molar-refractivity contribution in [3.05, 3.63) is 72.7 Å². The van der Waals surface area contributed by atoms with Crippen molar-refractivity contribution < 1.29 is 27.5 Å². The maximum atomic E-state index is 12.8. The van der Waals surface area contributed by atoms with Crippen LogP contribution in [0.1, 0.15) is 53.2 Å². The topological polar surface area (TPSA) is 76.9 Å². The van der Waals surface area contributed by atoms with E-state index in [1.807, 2.05) is 5.38 Å². The molecule has 5 rings (SSSR count). The lowest BCUT2D eigenvalue weighted by atomic mass is 9.97. The molecule has 1 unspecified atom stereocenters. The van der Waals surface area contributed by atoms with Crippen LogP contribution in [0.5, 0.6) is 5.88 Å². The van der Waals surface area contributed by atoms with Crippen LogP contribution in [0.15, 0.2) is 40.9 Å². The van der Waals surface area contributed by atoms with Crippen molar-refractivity contribution in [2.24, 2.45) is 5.16 Å². The predicted octanol–water partition coefficient (Wildman–Crippen LogP) is 7.17. The molecule has 2 aliphatic heterocycles. The number of aromatic nitrogens is 2. The maximum absolute atomic E-state index is 12.8. The van der Waals surface area contributed by atoms with E-state index >= 15 is 0 Å². The number of pyridine rings is 1. The van der Waals surface area contributed by atoms with E-state index in [1.165, 1.54) is 23.5 Å². The number of carbonyl (C=O) groups excluding carboxylic acids is 1. The molecule has 0 bridgehead atoms. The molecule has 0 radical (unpaired) electrons. The van der Waals surface area contributed by atoms with Crippen LogP contribution in [0.25, 0.3) is 0 Å². The smallest absolute Gasteiger partial charge is 0.433 e. The van der Waals surface area contributed by atoms with E-state index in [0.717, 1.165) is 16.8 Å². The highest BCUT2D eigenvalue weighted by Gasteiger charge is 2.33.